The molecule has 0 aromatic heterocycles. The smallest absolute Gasteiger partial charge is 0.264 e. The Bertz CT molecular complexity index is 533. The maximum Gasteiger partial charge on any atom is 0.264 e. The van der Waals surface area contributed by atoms with Gasteiger partial charge < -0.3 is 20.1 Å². The van der Waals surface area contributed by atoms with Gasteiger partial charge in [-0.05, 0) is 25.1 Å². The number of ether oxygens (including phenoxy) is 2. The van der Waals surface area contributed by atoms with E-state index < -0.39 is 6.10 Å². The molecule has 0 bridgehead atoms. The number of para-hydroxylation sites is 2. The van der Waals surface area contributed by atoms with Gasteiger partial charge in [-0.25, -0.2) is 0 Å². The monoisotopic (exact) mass is 310 g/mol. The maximum absolute atomic E-state index is 12.1. The number of nitrogens with one attached hydrogen (secondary N) is 2. The minimum absolute atomic E-state index is 0. The zero-order valence-electron chi connectivity index (χ0n) is 11.6. The highest BCUT2D eigenvalue weighted by Crippen LogP contribution is 2.30. The third-order valence-corrected chi connectivity index (χ3v) is 3.45. The highest BCUT2D eigenvalue weighted by atomic mass is 35.5. The van der Waals surface area contributed by atoms with Crippen LogP contribution in [0.4, 0.5) is 0 Å². The van der Waals surface area contributed by atoms with E-state index in [1.807, 2.05) is 24.3 Å². The number of halogens is 1. The molecule has 3 rings (SSSR count). The van der Waals surface area contributed by atoms with Crippen LogP contribution >= 0.6 is 12.4 Å². The third kappa shape index (κ3) is 3.89. The summed E-state index contributed by atoms with van der Waals surface area (Å²) in [7, 11) is 0. The molecule has 0 saturated carbocycles. The first-order chi connectivity index (χ1) is 9.83. The van der Waals surface area contributed by atoms with Crippen LogP contribution in [-0.4, -0.2) is 38.3 Å². The van der Waals surface area contributed by atoms with E-state index in [1.54, 1.807) is 0 Å². The van der Waals surface area contributed by atoms with Crippen LogP contribution in [0.25, 0.3) is 0 Å². The van der Waals surface area contributed by atoms with Crippen molar-refractivity contribution in [3.63, 3.8) is 0 Å². The molecule has 6 heteroatoms. The molecule has 1 amide bonds. The Kier molecular flexibility index (Phi) is 5.47. The Labute approximate surface area is 130 Å². The van der Waals surface area contributed by atoms with Gasteiger partial charge in [-0.3, -0.25) is 4.79 Å². The number of fused-ring (bicyclic) bond motifs is 1. The molecule has 2 heterocycles. The van der Waals surface area contributed by atoms with Gasteiger partial charge in [-0.2, -0.15) is 0 Å². The van der Waals surface area contributed by atoms with Crippen LogP contribution in [0.15, 0.2) is 35.9 Å². The Morgan fingerprint density at radius 1 is 1.33 bits per heavy atom. The van der Waals surface area contributed by atoms with Crippen molar-refractivity contribution in [2.75, 3.05) is 26.2 Å². The summed E-state index contributed by atoms with van der Waals surface area (Å²) >= 11 is 0. The third-order valence-electron chi connectivity index (χ3n) is 3.45. The van der Waals surface area contributed by atoms with E-state index in [4.69, 9.17) is 9.47 Å². The first-order valence-electron chi connectivity index (χ1n) is 6.88. The van der Waals surface area contributed by atoms with E-state index in [2.05, 4.69) is 16.7 Å². The van der Waals surface area contributed by atoms with Gasteiger partial charge in [-0.15, -0.1) is 12.4 Å². The topological polar surface area (TPSA) is 59.6 Å². The summed E-state index contributed by atoms with van der Waals surface area (Å²) in [6.07, 6.45) is 2.52. The molecule has 2 N–H and O–H groups in total. The van der Waals surface area contributed by atoms with E-state index in [0.29, 0.717) is 18.0 Å². The summed E-state index contributed by atoms with van der Waals surface area (Å²) in [4.78, 5) is 12.1. The van der Waals surface area contributed by atoms with E-state index >= 15 is 0 Å². The zero-order valence-corrected chi connectivity index (χ0v) is 12.4. The number of carbonyl (C=O) groups is 1. The Balaban J connectivity index is 0.00000161. The fourth-order valence-electron chi connectivity index (χ4n) is 2.29. The molecule has 0 aliphatic carbocycles. The Hall–Kier alpha value is -1.72. The van der Waals surface area contributed by atoms with Crippen molar-refractivity contribution < 1.29 is 14.3 Å². The van der Waals surface area contributed by atoms with Gasteiger partial charge in [0.1, 0.15) is 6.61 Å². The number of hydrogen-bond acceptors (Lipinski definition) is 4. The highest BCUT2D eigenvalue weighted by molar-refractivity contribution is 5.85. The Morgan fingerprint density at radius 2 is 2.14 bits per heavy atom. The quantitative estimate of drug-likeness (QED) is 0.826. The van der Waals surface area contributed by atoms with Crippen LogP contribution in [0, 0.1) is 0 Å². The van der Waals surface area contributed by atoms with Gasteiger partial charge in [0.25, 0.3) is 5.91 Å². The van der Waals surface area contributed by atoms with E-state index in [-0.39, 0.29) is 24.9 Å². The van der Waals surface area contributed by atoms with Gasteiger partial charge in [0.2, 0.25) is 6.10 Å². The molecule has 0 radical (unpaired) electrons. The summed E-state index contributed by atoms with van der Waals surface area (Å²) in [6, 6.07) is 7.39. The van der Waals surface area contributed by atoms with Crippen LogP contribution in [0.2, 0.25) is 0 Å². The summed E-state index contributed by atoms with van der Waals surface area (Å²) in [6.45, 7) is 2.69. The van der Waals surface area contributed by atoms with Crippen LogP contribution in [-0.2, 0) is 4.79 Å². The summed E-state index contributed by atoms with van der Waals surface area (Å²) in [5.74, 6) is 1.19. The lowest BCUT2D eigenvalue weighted by molar-refractivity contribution is -0.130. The van der Waals surface area contributed by atoms with Gasteiger partial charge in [-0.1, -0.05) is 23.8 Å². The van der Waals surface area contributed by atoms with Crippen molar-refractivity contribution >= 4 is 18.3 Å². The van der Waals surface area contributed by atoms with Gasteiger partial charge in [0.15, 0.2) is 11.5 Å². The summed E-state index contributed by atoms with van der Waals surface area (Å²) in [5, 5.41) is 6.16. The van der Waals surface area contributed by atoms with Crippen molar-refractivity contribution in [1.29, 1.82) is 0 Å². The lowest BCUT2D eigenvalue weighted by atomic mass is 10.1. The Morgan fingerprint density at radius 3 is 2.90 bits per heavy atom. The van der Waals surface area contributed by atoms with Crippen molar-refractivity contribution in [2.45, 2.75) is 12.5 Å². The van der Waals surface area contributed by atoms with Crippen LogP contribution in [0.5, 0.6) is 11.5 Å². The van der Waals surface area contributed by atoms with E-state index in [1.165, 1.54) is 5.57 Å². The molecule has 0 saturated heterocycles. The minimum atomic E-state index is -0.577. The molecular formula is C15H19ClN2O3. The normalized spacial score (nSPS) is 20.0. The SMILES string of the molecule is Cl.O=C(NCC1=CCNCC1)C1COc2ccccc2O1. The molecular weight excluding hydrogens is 292 g/mol. The molecule has 114 valence electrons. The van der Waals surface area contributed by atoms with E-state index in [0.717, 1.165) is 19.5 Å². The van der Waals surface area contributed by atoms with E-state index in [9.17, 15) is 4.79 Å². The van der Waals surface area contributed by atoms with Crippen molar-refractivity contribution in [3.8, 4) is 11.5 Å². The lowest BCUT2D eigenvalue weighted by Crippen LogP contribution is -2.44. The molecule has 21 heavy (non-hydrogen) atoms. The molecule has 0 spiro atoms. The lowest BCUT2D eigenvalue weighted by Gasteiger charge is -2.26. The van der Waals surface area contributed by atoms with Crippen LogP contribution < -0.4 is 20.1 Å². The molecule has 5 nitrogen and oxygen atoms in total. The van der Waals surface area contributed by atoms with Gasteiger partial charge in [0.05, 0.1) is 0 Å². The largest absolute Gasteiger partial charge is 0.485 e. The number of amides is 1. The summed E-state index contributed by atoms with van der Waals surface area (Å²) in [5.41, 5.74) is 1.26. The van der Waals surface area contributed by atoms with Crippen molar-refractivity contribution in [2.24, 2.45) is 0 Å². The van der Waals surface area contributed by atoms with Crippen molar-refractivity contribution in [3.05, 3.63) is 35.9 Å². The maximum atomic E-state index is 12.1. The standard InChI is InChI=1S/C15H18N2O3.ClH/c18-15(17-9-11-5-7-16-8-6-11)14-10-19-12-3-1-2-4-13(12)20-14;/h1-5,14,16H,6-10H2,(H,17,18);1H. The fourth-order valence-corrected chi connectivity index (χ4v) is 2.29. The predicted molar refractivity (Wildman–Crippen MR) is 82.2 cm³/mol. The number of carbonyl (C=O) groups excluding carboxylic acids is 1. The molecule has 0 fully saturated rings. The average molecular weight is 311 g/mol. The fraction of sp³-hybridized carbons (Fsp3) is 0.400. The molecule has 1 aromatic rings. The molecule has 1 unspecified atom stereocenters. The number of hydrogen-bond donors (Lipinski definition) is 2. The van der Waals surface area contributed by atoms with Gasteiger partial charge >= 0.3 is 0 Å². The summed E-state index contributed by atoms with van der Waals surface area (Å²) < 4.78 is 11.2. The minimum Gasteiger partial charge on any atom is -0.485 e. The second-order valence-corrected chi connectivity index (χ2v) is 4.90. The number of benzene rings is 1. The van der Waals surface area contributed by atoms with Crippen LogP contribution in [0.1, 0.15) is 6.42 Å². The predicted octanol–water partition coefficient (Wildman–Crippen LogP) is 1.28. The highest BCUT2D eigenvalue weighted by Gasteiger charge is 2.27. The average Bonchev–Trinajstić information content (AvgIpc) is 2.53. The van der Waals surface area contributed by atoms with Crippen molar-refractivity contribution in [1.82, 2.24) is 10.6 Å². The molecule has 1 aromatic carbocycles. The zero-order chi connectivity index (χ0) is 13.8. The molecule has 2 aliphatic rings. The van der Waals surface area contributed by atoms with Gasteiger partial charge in [0, 0.05) is 13.1 Å². The first-order valence-corrected chi connectivity index (χ1v) is 6.88. The van der Waals surface area contributed by atoms with Crippen LogP contribution in [0.3, 0.4) is 0 Å². The molecule has 1 atom stereocenters. The number of rotatable bonds is 3. The second-order valence-electron chi connectivity index (χ2n) is 4.90. The molecule has 2 aliphatic heterocycles. The first kappa shape index (κ1) is 15.7. The second kappa shape index (κ2) is 7.33.